The van der Waals surface area contributed by atoms with Gasteiger partial charge in [-0.3, -0.25) is 14.9 Å². The van der Waals surface area contributed by atoms with Gasteiger partial charge in [0.05, 0.1) is 4.92 Å². The van der Waals surface area contributed by atoms with Crippen molar-refractivity contribution in [3.05, 3.63) is 34.4 Å². The highest BCUT2D eigenvalue weighted by Gasteiger charge is 2.64. The van der Waals surface area contributed by atoms with Gasteiger partial charge in [0, 0.05) is 22.6 Å². The number of hydrogen-bond donors (Lipinski definition) is 3. The van der Waals surface area contributed by atoms with E-state index in [2.05, 4.69) is 10.6 Å². The minimum absolute atomic E-state index is 0.0384. The van der Waals surface area contributed by atoms with Gasteiger partial charge in [-0.2, -0.15) is 0 Å². The number of nitro groups is 1. The summed E-state index contributed by atoms with van der Waals surface area (Å²) in [4.78, 5) is 35.4. The Morgan fingerprint density at radius 2 is 2.00 bits per heavy atom. The summed E-state index contributed by atoms with van der Waals surface area (Å²) in [5.41, 5.74) is 0.503. The van der Waals surface area contributed by atoms with Crippen LogP contribution in [0.15, 0.2) is 24.3 Å². The molecule has 11 heteroatoms. The molecule has 1 aromatic rings. The van der Waals surface area contributed by atoms with Gasteiger partial charge < -0.3 is 20.6 Å². The molecule has 2 heterocycles. The topological polar surface area (TPSA) is 125 Å². The van der Waals surface area contributed by atoms with Crippen LogP contribution in [0.25, 0.3) is 0 Å². The molecule has 2 aliphatic rings. The number of nitro benzene ring substituents is 1. The predicted octanol–water partition coefficient (Wildman–Crippen LogP) is 1.40. The van der Waals surface area contributed by atoms with Crippen LogP contribution in [0.3, 0.4) is 0 Å². The highest BCUT2D eigenvalue weighted by atomic mass is 32.2. The van der Waals surface area contributed by atoms with Crippen molar-refractivity contribution in [1.82, 2.24) is 10.2 Å². The molecular formula is C15H16N4O5S2. The number of thiocarbonyl (C=S) groups is 1. The van der Waals surface area contributed by atoms with Gasteiger partial charge >= 0.3 is 5.97 Å². The molecule has 2 aliphatic heterocycles. The molecule has 2 fully saturated rings. The average molecular weight is 396 g/mol. The van der Waals surface area contributed by atoms with Crippen molar-refractivity contribution < 1.29 is 19.6 Å². The van der Waals surface area contributed by atoms with E-state index in [-0.39, 0.29) is 22.1 Å². The molecule has 138 valence electrons. The Kier molecular flexibility index (Phi) is 4.53. The molecule has 3 N–H and O–H groups in total. The molecule has 0 spiro atoms. The number of non-ortho nitro benzene ring substituents is 1. The van der Waals surface area contributed by atoms with Gasteiger partial charge in [0.1, 0.15) is 17.5 Å². The van der Waals surface area contributed by atoms with Crippen molar-refractivity contribution in [2.45, 2.75) is 36.1 Å². The smallest absolute Gasteiger partial charge is 0.327 e. The maximum atomic E-state index is 12.4. The molecule has 3 rings (SSSR count). The van der Waals surface area contributed by atoms with Crippen LogP contribution in [0, 0.1) is 10.1 Å². The fourth-order valence-corrected chi connectivity index (χ4v) is 4.99. The Morgan fingerprint density at radius 3 is 2.54 bits per heavy atom. The molecule has 0 aliphatic carbocycles. The van der Waals surface area contributed by atoms with Gasteiger partial charge in [-0.1, -0.05) is 0 Å². The molecule has 0 bridgehead atoms. The standard InChI is InChI=1S/C15H16N4O5S2/c1-15(2)10(13(21)22)18-11(20)9(12(18)26-15)17-14(25)16-7-3-5-8(6-4-7)19(23)24/h3-6,9-10,12H,1-2H3,(H,21,22)(H2,16,17,25)/t9?,10-,12+/m0/s1. The fraction of sp³-hybridized carbons (Fsp3) is 0.400. The number of fused-ring (bicyclic) bond motifs is 1. The fourth-order valence-electron chi connectivity index (χ4n) is 3.12. The molecular weight excluding hydrogens is 380 g/mol. The Morgan fingerprint density at radius 1 is 1.38 bits per heavy atom. The van der Waals surface area contributed by atoms with Crippen LogP contribution in [0.4, 0.5) is 11.4 Å². The van der Waals surface area contributed by atoms with E-state index < -0.39 is 27.7 Å². The van der Waals surface area contributed by atoms with E-state index in [0.29, 0.717) is 5.69 Å². The summed E-state index contributed by atoms with van der Waals surface area (Å²) >= 11 is 6.61. The number of amides is 1. The van der Waals surface area contributed by atoms with E-state index in [4.69, 9.17) is 12.2 Å². The number of rotatable bonds is 4. The largest absolute Gasteiger partial charge is 0.480 e. The quantitative estimate of drug-likeness (QED) is 0.300. The van der Waals surface area contributed by atoms with Crippen LogP contribution in [0.1, 0.15) is 13.8 Å². The number of carboxylic acids is 1. The average Bonchev–Trinajstić information content (AvgIpc) is 2.81. The van der Waals surface area contributed by atoms with E-state index in [1.54, 1.807) is 13.8 Å². The summed E-state index contributed by atoms with van der Waals surface area (Å²) in [5.74, 6) is -1.34. The number of nitrogens with one attached hydrogen (secondary N) is 2. The first-order chi connectivity index (χ1) is 12.1. The lowest BCUT2D eigenvalue weighted by Crippen LogP contribution is -2.70. The number of hydrogen-bond acceptors (Lipinski definition) is 6. The summed E-state index contributed by atoms with van der Waals surface area (Å²) in [6, 6.07) is 4.21. The minimum atomic E-state index is -1.02. The van der Waals surface area contributed by atoms with Crippen LogP contribution < -0.4 is 10.6 Å². The number of carbonyl (C=O) groups is 2. The van der Waals surface area contributed by atoms with E-state index >= 15 is 0 Å². The Balaban J connectivity index is 1.63. The van der Waals surface area contributed by atoms with Gasteiger partial charge in [-0.25, -0.2) is 4.79 Å². The SMILES string of the molecule is CC1(C)S[C@@H]2C(NC(=S)Nc3ccc([N+](=O)[O-])cc3)C(=O)N2[C@H]1C(=O)O. The zero-order valence-corrected chi connectivity index (χ0v) is 15.5. The lowest BCUT2D eigenvalue weighted by Gasteiger charge is -2.44. The van der Waals surface area contributed by atoms with Crippen molar-refractivity contribution >= 4 is 52.3 Å². The molecule has 9 nitrogen and oxygen atoms in total. The van der Waals surface area contributed by atoms with Crippen LogP contribution in [0.5, 0.6) is 0 Å². The number of thioether (sulfide) groups is 1. The number of aliphatic carboxylic acids is 1. The van der Waals surface area contributed by atoms with Gasteiger partial charge in [0.2, 0.25) is 5.91 Å². The molecule has 1 aromatic carbocycles. The summed E-state index contributed by atoms with van der Waals surface area (Å²) in [5, 5.41) is 25.7. The Hall–Kier alpha value is -2.40. The second-order valence-corrected chi connectivity index (χ2v) is 8.66. The summed E-state index contributed by atoms with van der Waals surface area (Å²) in [7, 11) is 0. The minimum Gasteiger partial charge on any atom is -0.480 e. The third kappa shape index (κ3) is 3.07. The molecule has 0 radical (unpaired) electrons. The number of carbonyl (C=O) groups excluding carboxylic acids is 1. The van der Waals surface area contributed by atoms with Crippen LogP contribution >= 0.6 is 24.0 Å². The summed E-state index contributed by atoms with van der Waals surface area (Å²) in [6.45, 7) is 3.60. The molecule has 0 aromatic heterocycles. The molecule has 2 saturated heterocycles. The van der Waals surface area contributed by atoms with Crippen molar-refractivity contribution in [3.8, 4) is 0 Å². The van der Waals surface area contributed by atoms with Crippen LogP contribution in [-0.4, -0.2) is 54.1 Å². The molecule has 26 heavy (non-hydrogen) atoms. The molecule has 1 unspecified atom stereocenters. The maximum absolute atomic E-state index is 12.4. The zero-order valence-electron chi connectivity index (χ0n) is 13.8. The number of nitrogens with zero attached hydrogens (tertiary/aromatic N) is 2. The second kappa shape index (κ2) is 6.40. The van der Waals surface area contributed by atoms with Crippen molar-refractivity contribution in [2.24, 2.45) is 0 Å². The van der Waals surface area contributed by atoms with Crippen molar-refractivity contribution in [3.63, 3.8) is 0 Å². The van der Waals surface area contributed by atoms with Crippen molar-refractivity contribution in [1.29, 1.82) is 0 Å². The van der Waals surface area contributed by atoms with Crippen LogP contribution in [0.2, 0.25) is 0 Å². The number of carboxylic acid groups (broad SMARTS) is 1. The molecule has 1 amide bonds. The molecule has 0 saturated carbocycles. The van der Waals surface area contributed by atoms with Crippen LogP contribution in [-0.2, 0) is 9.59 Å². The van der Waals surface area contributed by atoms with E-state index in [1.807, 2.05) is 0 Å². The normalized spacial score (nSPS) is 25.8. The lowest BCUT2D eigenvalue weighted by molar-refractivity contribution is -0.384. The van der Waals surface area contributed by atoms with Gasteiger partial charge in [-0.15, -0.1) is 11.8 Å². The van der Waals surface area contributed by atoms with E-state index in [1.165, 1.54) is 40.9 Å². The number of β-lactam (4-membered cyclic amide) rings is 1. The molecule has 3 atom stereocenters. The Bertz CT molecular complexity index is 798. The third-order valence-electron chi connectivity index (χ3n) is 4.30. The maximum Gasteiger partial charge on any atom is 0.327 e. The monoisotopic (exact) mass is 396 g/mol. The number of anilines is 1. The third-order valence-corrected chi connectivity index (χ3v) is 6.09. The first kappa shape index (κ1) is 18.4. The van der Waals surface area contributed by atoms with E-state index in [0.717, 1.165) is 0 Å². The van der Waals surface area contributed by atoms with Gasteiger partial charge in [0.15, 0.2) is 5.11 Å². The van der Waals surface area contributed by atoms with Crippen molar-refractivity contribution in [2.75, 3.05) is 5.32 Å². The zero-order chi connectivity index (χ0) is 19.2. The Labute approximate surface area is 158 Å². The highest BCUT2D eigenvalue weighted by molar-refractivity contribution is 8.01. The first-order valence-electron chi connectivity index (χ1n) is 7.66. The first-order valence-corrected chi connectivity index (χ1v) is 8.95. The second-order valence-electron chi connectivity index (χ2n) is 6.48. The number of benzene rings is 1. The van der Waals surface area contributed by atoms with Gasteiger partial charge in [0.25, 0.3) is 5.69 Å². The summed E-state index contributed by atoms with van der Waals surface area (Å²) < 4.78 is -0.601. The predicted molar refractivity (Wildman–Crippen MR) is 100.0 cm³/mol. The highest BCUT2D eigenvalue weighted by Crippen LogP contribution is 2.50. The van der Waals surface area contributed by atoms with Gasteiger partial charge in [-0.05, 0) is 38.2 Å². The summed E-state index contributed by atoms with van der Waals surface area (Å²) in [6.07, 6.45) is 0. The lowest BCUT2D eigenvalue weighted by atomic mass is 9.96. The van der Waals surface area contributed by atoms with E-state index in [9.17, 15) is 24.8 Å².